The van der Waals surface area contributed by atoms with Crippen LogP contribution in [0.3, 0.4) is 0 Å². The van der Waals surface area contributed by atoms with E-state index >= 15 is 0 Å². The van der Waals surface area contributed by atoms with Crippen molar-refractivity contribution in [1.82, 2.24) is 14.7 Å². The zero-order valence-corrected chi connectivity index (χ0v) is 29.3. The van der Waals surface area contributed by atoms with E-state index in [4.69, 9.17) is 0 Å². The molecule has 12 nitrogen and oxygen atoms in total. The van der Waals surface area contributed by atoms with Crippen LogP contribution in [-0.4, -0.2) is 107 Å². The van der Waals surface area contributed by atoms with E-state index in [2.05, 4.69) is 0 Å². The Morgan fingerprint density at radius 1 is 0.419 bits per heavy atom. The van der Waals surface area contributed by atoms with Gasteiger partial charge in [0.05, 0.1) is 0 Å². The SMILES string of the molecule is CN(C)C(=O)C(=O)C=C(O)C(C)(C)C.CN(C)C(=O)C(=O)C=C(O)C(C)(C)C.CN(C)C(=O)C(=O)C=C(O)C(C)(C)C.[Fe]. The maximum Gasteiger partial charge on any atom is 0.293 e. The third kappa shape index (κ3) is 20.2. The molecule has 3 N–H and O–H groups in total. The fourth-order valence-electron chi connectivity index (χ4n) is 1.87. The van der Waals surface area contributed by atoms with Crippen molar-refractivity contribution in [2.24, 2.45) is 16.2 Å². The van der Waals surface area contributed by atoms with Crippen LogP contribution < -0.4 is 0 Å². The van der Waals surface area contributed by atoms with Crippen molar-refractivity contribution < 1.29 is 61.2 Å². The Hall–Kier alpha value is -3.44. The Morgan fingerprint density at radius 2 is 0.558 bits per heavy atom. The van der Waals surface area contributed by atoms with E-state index < -0.39 is 51.3 Å². The number of allylic oxidation sites excluding steroid dienone is 3. The molecule has 0 spiro atoms. The molecule has 0 saturated carbocycles. The first-order valence-electron chi connectivity index (χ1n) is 13.0. The molecule has 0 saturated heterocycles. The number of nitrogens with zero attached hydrogens (tertiary/aromatic N) is 3. The van der Waals surface area contributed by atoms with Crippen LogP contribution in [0.1, 0.15) is 62.3 Å². The van der Waals surface area contributed by atoms with Gasteiger partial charge in [0.25, 0.3) is 17.7 Å². The number of carbonyl (C=O) groups is 6. The van der Waals surface area contributed by atoms with Crippen LogP contribution in [0.2, 0.25) is 0 Å². The van der Waals surface area contributed by atoms with Gasteiger partial charge in [-0.25, -0.2) is 0 Å². The third-order valence-corrected chi connectivity index (χ3v) is 4.96. The van der Waals surface area contributed by atoms with E-state index in [-0.39, 0.29) is 34.3 Å². The minimum absolute atomic E-state index is 0. The average Bonchev–Trinajstić information content (AvgIpc) is 2.80. The second-order valence-corrected chi connectivity index (χ2v) is 13.0. The zero-order chi connectivity index (χ0) is 34.5. The summed E-state index contributed by atoms with van der Waals surface area (Å²) in [6, 6.07) is 0. The second-order valence-electron chi connectivity index (χ2n) is 13.0. The Labute approximate surface area is 266 Å². The van der Waals surface area contributed by atoms with E-state index in [9.17, 15) is 44.1 Å². The van der Waals surface area contributed by atoms with Gasteiger partial charge in [-0.3, -0.25) is 28.8 Å². The Kier molecular flexibility index (Phi) is 20.5. The van der Waals surface area contributed by atoms with Crippen molar-refractivity contribution in [3.8, 4) is 0 Å². The summed E-state index contributed by atoms with van der Waals surface area (Å²) in [7, 11) is 8.93. The minimum Gasteiger partial charge on any atom is -0.512 e. The van der Waals surface area contributed by atoms with Gasteiger partial charge in [0.2, 0.25) is 17.3 Å². The van der Waals surface area contributed by atoms with Gasteiger partial charge in [-0.1, -0.05) is 62.3 Å². The van der Waals surface area contributed by atoms with Crippen molar-refractivity contribution >= 4 is 35.1 Å². The molecule has 0 fully saturated rings. The summed E-state index contributed by atoms with van der Waals surface area (Å²) in [4.78, 5) is 70.5. The molecule has 0 unspecified atom stereocenters. The number of rotatable bonds is 6. The molecule has 0 radical (unpaired) electrons. The van der Waals surface area contributed by atoms with Gasteiger partial charge in [0.15, 0.2) is 0 Å². The Morgan fingerprint density at radius 3 is 0.651 bits per heavy atom. The molecular weight excluding hydrogens is 602 g/mol. The molecule has 248 valence electrons. The standard InChI is InChI=1S/3C10H17NO3.Fe/c3*1-10(2,3)8(13)6-7(12)9(14)11(4)5;/h3*6,13H,1-5H3;. The molecule has 0 aliphatic carbocycles. The van der Waals surface area contributed by atoms with E-state index in [0.717, 1.165) is 18.2 Å². The number of carbonyl (C=O) groups excluding carboxylic acids is 6. The van der Waals surface area contributed by atoms with Gasteiger partial charge in [0.1, 0.15) is 17.3 Å². The summed E-state index contributed by atoms with van der Waals surface area (Å²) in [6.45, 7) is 15.8. The molecule has 0 aromatic rings. The summed E-state index contributed by atoms with van der Waals surface area (Å²) in [5, 5.41) is 28.4. The fraction of sp³-hybridized carbons (Fsp3) is 0.600. The topological polar surface area (TPSA) is 173 Å². The monoisotopic (exact) mass is 653 g/mol. The Bertz CT molecular complexity index is 959. The third-order valence-electron chi connectivity index (χ3n) is 4.96. The number of amides is 3. The molecule has 43 heavy (non-hydrogen) atoms. The number of ketones is 3. The van der Waals surface area contributed by atoms with Crippen molar-refractivity contribution in [3.05, 3.63) is 35.5 Å². The molecular formula is C30H51FeN3O9. The van der Waals surface area contributed by atoms with Crippen LogP contribution in [0.4, 0.5) is 0 Å². The van der Waals surface area contributed by atoms with Gasteiger partial charge in [-0.15, -0.1) is 0 Å². The number of aliphatic hydroxyl groups is 3. The van der Waals surface area contributed by atoms with Crippen LogP contribution in [0.25, 0.3) is 0 Å². The summed E-state index contributed by atoms with van der Waals surface area (Å²) in [6.07, 6.45) is 2.92. The molecule has 0 atom stereocenters. The molecule has 3 amide bonds. The average molecular weight is 654 g/mol. The maximum atomic E-state index is 11.2. The van der Waals surface area contributed by atoms with Gasteiger partial charge >= 0.3 is 0 Å². The summed E-state index contributed by atoms with van der Waals surface area (Å²) >= 11 is 0. The van der Waals surface area contributed by atoms with Crippen LogP contribution in [0, 0.1) is 16.2 Å². The van der Waals surface area contributed by atoms with Crippen LogP contribution in [0.15, 0.2) is 35.5 Å². The van der Waals surface area contributed by atoms with Gasteiger partial charge in [0, 0.05) is 93.8 Å². The molecule has 13 heteroatoms. The molecule has 0 aliphatic heterocycles. The number of aliphatic hydroxyl groups excluding tert-OH is 3. The van der Waals surface area contributed by atoms with Crippen molar-refractivity contribution in [3.63, 3.8) is 0 Å². The molecule has 0 rings (SSSR count). The first kappa shape index (κ1) is 46.5. The second kappa shape index (κ2) is 19.0. The van der Waals surface area contributed by atoms with E-state index in [1.54, 1.807) is 62.3 Å². The normalized spacial score (nSPS) is 12.2. The number of hydrogen-bond acceptors (Lipinski definition) is 9. The summed E-state index contributed by atoms with van der Waals surface area (Å²) in [5.74, 6) is -4.29. The smallest absolute Gasteiger partial charge is 0.293 e. The zero-order valence-electron chi connectivity index (χ0n) is 28.2. The predicted molar refractivity (Wildman–Crippen MR) is 162 cm³/mol. The first-order chi connectivity index (χ1) is 18.5. The van der Waals surface area contributed by atoms with Crippen LogP contribution >= 0.6 is 0 Å². The van der Waals surface area contributed by atoms with Crippen molar-refractivity contribution in [1.29, 1.82) is 0 Å². The largest absolute Gasteiger partial charge is 0.512 e. The van der Waals surface area contributed by atoms with Crippen LogP contribution in [-0.2, 0) is 45.8 Å². The quantitative estimate of drug-likeness (QED) is 0.168. The Balaban J connectivity index is -0.000000262. The van der Waals surface area contributed by atoms with E-state index in [1.807, 2.05) is 0 Å². The fourth-order valence-corrected chi connectivity index (χ4v) is 1.87. The van der Waals surface area contributed by atoms with Gasteiger partial charge in [-0.2, -0.15) is 0 Å². The molecule has 0 aliphatic rings. The van der Waals surface area contributed by atoms with Crippen molar-refractivity contribution in [2.45, 2.75) is 62.3 Å². The number of likely N-dealkylation sites (N-methyl/N-ethyl adjacent to an activating group) is 3. The van der Waals surface area contributed by atoms with Crippen LogP contribution in [0.5, 0.6) is 0 Å². The summed E-state index contributed by atoms with van der Waals surface area (Å²) < 4.78 is 0. The summed E-state index contributed by atoms with van der Waals surface area (Å²) in [5.41, 5.74) is -1.53. The molecule has 0 heterocycles. The maximum absolute atomic E-state index is 11.2. The van der Waals surface area contributed by atoms with Gasteiger partial charge in [-0.05, 0) is 0 Å². The minimum atomic E-state index is -0.706. The van der Waals surface area contributed by atoms with E-state index in [0.29, 0.717) is 0 Å². The number of hydrogen-bond donors (Lipinski definition) is 3. The molecule has 0 aromatic heterocycles. The molecule has 0 bridgehead atoms. The van der Waals surface area contributed by atoms with E-state index in [1.165, 1.54) is 57.0 Å². The van der Waals surface area contributed by atoms with Gasteiger partial charge < -0.3 is 30.0 Å². The molecule has 0 aromatic carbocycles. The first-order valence-corrected chi connectivity index (χ1v) is 13.0. The predicted octanol–water partition coefficient (Wildman–Crippen LogP) is 3.39. The van der Waals surface area contributed by atoms with Crippen molar-refractivity contribution in [2.75, 3.05) is 42.3 Å².